The van der Waals surface area contributed by atoms with E-state index in [4.69, 9.17) is 0 Å². The Labute approximate surface area is 95.5 Å². The summed E-state index contributed by atoms with van der Waals surface area (Å²) in [7, 11) is 0. The van der Waals surface area contributed by atoms with Gasteiger partial charge in [-0.05, 0) is 31.6 Å². The normalized spacial score (nSPS) is 17.7. The highest BCUT2D eigenvalue weighted by Crippen LogP contribution is 2.30. The molecular formula is C14H27N. The molecule has 0 spiro atoms. The van der Waals surface area contributed by atoms with Gasteiger partial charge in [0.15, 0.2) is 0 Å². The lowest BCUT2D eigenvalue weighted by molar-refractivity contribution is 0.269. The molecule has 1 aliphatic carbocycles. The number of nitrogens with zero attached hydrogens (tertiary/aromatic N) is 1. The molecule has 1 fully saturated rings. The van der Waals surface area contributed by atoms with Crippen molar-refractivity contribution in [3.63, 3.8) is 0 Å². The van der Waals surface area contributed by atoms with Crippen LogP contribution in [0.4, 0.5) is 0 Å². The Balaban J connectivity index is 2.45. The smallest absolute Gasteiger partial charge is 0.0172 e. The molecule has 0 aromatic rings. The molecule has 0 aliphatic heterocycles. The van der Waals surface area contributed by atoms with E-state index >= 15 is 0 Å². The molecule has 1 nitrogen and oxygen atoms in total. The Hall–Kier alpha value is -0.460. The monoisotopic (exact) mass is 209 g/mol. The number of rotatable bonds is 6. The van der Waals surface area contributed by atoms with E-state index in [0.29, 0.717) is 0 Å². The Morgan fingerprint density at radius 2 is 1.60 bits per heavy atom. The van der Waals surface area contributed by atoms with Gasteiger partial charge in [-0.3, -0.25) is 0 Å². The van der Waals surface area contributed by atoms with Gasteiger partial charge in [0.2, 0.25) is 0 Å². The van der Waals surface area contributed by atoms with Crippen molar-refractivity contribution >= 4 is 0 Å². The quantitative estimate of drug-likeness (QED) is 0.633. The van der Waals surface area contributed by atoms with Gasteiger partial charge in [0.25, 0.3) is 0 Å². The maximum absolute atomic E-state index is 4.34. The summed E-state index contributed by atoms with van der Waals surface area (Å²) in [5, 5.41) is 0. The molecule has 1 aliphatic rings. The van der Waals surface area contributed by atoms with Gasteiger partial charge in [0, 0.05) is 18.8 Å². The predicted molar refractivity (Wildman–Crippen MR) is 67.9 cm³/mol. The average molecular weight is 209 g/mol. The van der Waals surface area contributed by atoms with Crippen molar-refractivity contribution in [1.29, 1.82) is 0 Å². The molecule has 15 heavy (non-hydrogen) atoms. The van der Waals surface area contributed by atoms with Gasteiger partial charge in [-0.25, -0.2) is 0 Å². The first kappa shape index (κ1) is 12.6. The van der Waals surface area contributed by atoms with Crippen molar-refractivity contribution in [2.75, 3.05) is 13.1 Å². The van der Waals surface area contributed by atoms with Crippen LogP contribution in [0.3, 0.4) is 0 Å². The molecule has 1 saturated carbocycles. The molecule has 0 N–H and O–H groups in total. The van der Waals surface area contributed by atoms with Crippen LogP contribution in [0, 0.1) is 5.92 Å². The third-order valence-electron chi connectivity index (χ3n) is 3.47. The molecule has 88 valence electrons. The van der Waals surface area contributed by atoms with Crippen LogP contribution in [0.1, 0.15) is 58.8 Å². The molecule has 0 unspecified atom stereocenters. The Morgan fingerprint density at radius 3 is 2.07 bits per heavy atom. The van der Waals surface area contributed by atoms with Crippen molar-refractivity contribution in [2.24, 2.45) is 5.92 Å². The SMILES string of the molecule is C=C(C1CCCCC1)N(CCC)CCC. The first-order valence-corrected chi connectivity index (χ1v) is 6.73. The Bertz CT molecular complexity index is 174. The predicted octanol–water partition coefficient (Wildman–Crippen LogP) is 4.20. The van der Waals surface area contributed by atoms with Crippen LogP contribution in [0.2, 0.25) is 0 Å². The van der Waals surface area contributed by atoms with E-state index in [1.807, 2.05) is 0 Å². The maximum atomic E-state index is 4.34. The van der Waals surface area contributed by atoms with E-state index in [1.165, 1.54) is 63.7 Å². The van der Waals surface area contributed by atoms with Crippen LogP contribution in [0.25, 0.3) is 0 Å². The van der Waals surface area contributed by atoms with Gasteiger partial charge >= 0.3 is 0 Å². The molecule has 0 saturated heterocycles. The zero-order chi connectivity index (χ0) is 11.1. The molecule has 1 rings (SSSR count). The van der Waals surface area contributed by atoms with E-state index < -0.39 is 0 Å². The second-order valence-corrected chi connectivity index (χ2v) is 4.81. The summed E-state index contributed by atoms with van der Waals surface area (Å²) in [6, 6.07) is 0. The molecule has 0 radical (unpaired) electrons. The number of hydrogen-bond donors (Lipinski definition) is 0. The summed E-state index contributed by atoms with van der Waals surface area (Å²) in [5.41, 5.74) is 1.43. The average Bonchev–Trinajstić information content (AvgIpc) is 2.29. The fraction of sp³-hybridized carbons (Fsp3) is 0.857. The summed E-state index contributed by atoms with van der Waals surface area (Å²) in [6.45, 7) is 11.3. The summed E-state index contributed by atoms with van der Waals surface area (Å²) >= 11 is 0. The van der Waals surface area contributed by atoms with E-state index in [1.54, 1.807) is 0 Å². The lowest BCUT2D eigenvalue weighted by Crippen LogP contribution is -2.29. The minimum atomic E-state index is 0.789. The van der Waals surface area contributed by atoms with Crippen molar-refractivity contribution in [2.45, 2.75) is 58.8 Å². The van der Waals surface area contributed by atoms with Crippen LogP contribution < -0.4 is 0 Å². The summed E-state index contributed by atoms with van der Waals surface area (Å²) in [6.07, 6.45) is 9.50. The highest BCUT2D eigenvalue weighted by molar-refractivity contribution is 5.01. The highest BCUT2D eigenvalue weighted by Gasteiger charge is 2.19. The lowest BCUT2D eigenvalue weighted by Gasteiger charge is -2.33. The molecular weight excluding hydrogens is 182 g/mol. The van der Waals surface area contributed by atoms with Gasteiger partial charge in [0.1, 0.15) is 0 Å². The van der Waals surface area contributed by atoms with E-state index in [9.17, 15) is 0 Å². The Morgan fingerprint density at radius 1 is 1.07 bits per heavy atom. The minimum absolute atomic E-state index is 0.789. The van der Waals surface area contributed by atoms with Gasteiger partial charge < -0.3 is 4.90 Å². The zero-order valence-electron chi connectivity index (χ0n) is 10.6. The maximum Gasteiger partial charge on any atom is 0.0172 e. The Kier molecular flexibility index (Phi) is 5.82. The molecule has 0 heterocycles. The minimum Gasteiger partial charge on any atom is -0.375 e. The van der Waals surface area contributed by atoms with Crippen molar-refractivity contribution in [1.82, 2.24) is 4.90 Å². The van der Waals surface area contributed by atoms with E-state index in [2.05, 4.69) is 25.3 Å². The van der Waals surface area contributed by atoms with Gasteiger partial charge in [-0.1, -0.05) is 39.7 Å². The second kappa shape index (κ2) is 6.92. The molecule has 1 heteroatoms. The first-order chi connectivity index (χ1) is 7.29. The van der Waals surface area contributed by atoms with Crippen molar-refractivity contribution < 1.29 is 0 Å². The van der Waals surface area contributed by atoms with Crippen LogP contribution in [-0.2, 0) is 0 Å². The van der Waals surface area contributed by atoms with Crippen molar-refractivity contribution in [3.05, 3.63) is 12.3 Å². The summed E-state index contributed by atoms with van der Waals surface area (Å²) in [4.78, 5) is 2.52. The van der Waals surface area contributed by atoms with Gasteiger partial charge in [-0.15, -0.1) is 0 Å². The fourth-order valence-corrected chi connectivity index (χ4v) is 2.63. The molecule has 0 bridgehead atoms. The molecule has 0 aromatic carbocycles. The zero-order valence-corrected chi connectivity index (χ0v) is 10.6. The van der Waals surface area contributed by atoms with Crippen LogP contribution in [0.15, 0.2) is 12.3 Å². The van der Waals surface area contributed by atoms with Gasteiger partial charge in [-0.2, -0.15) is 0 Å². The first-order valence-electron chi connectivity index (χ1n) is 6.73. The van der Waals surface area contributed by atoms with Crippen LogP contribution in [-0.4, -0.2) is 18.0 Å². The third kappa shape index (κ3) is 3.89. The van der Waals surface area contributed by atoms with Crippen LogP contribution >= 0.6 is 0 Å². The largest absolute Gasteiger partial charge is 0.375 e. The highest BCUT2D eigenvalue weighted by atomic mass is 15.1. The van der Waals surface area contributed by atoms with E-state index in [0.717, 1.165) is 5.92 Å². The number of hydrogen-bond acceptors (Lipinski definition) is 1. The van der Waals surface area contributed by atoms with Crippen LogP contribution in [0.5, 0.6) is 0 Å². The second-order valence-electron chi connectivity index (χ2n) is 4.81. The standard InChI is InChI=1S/C14H27N/c1-4-11-15(12-5-2)13(3)14-9-7-6-8-10-14/h14H,3-12H2,1-2H3. The molecule has 0 amide bonds. The van der Waals surface area contributed by atoms with Crippen molar-refractivity contribution in [3.8, 4) is 0 Å². The van der Waals surface area contributed by atoms with E-state index in [-0.39, 0.29) is 0 Å². The van der Waals surface area contributed by atoms with Gasteiger partial charge in [0.05, 0.1) is 0 Å². The topological polar surface area (TPSA) is 3.24 Å². The lowest BCUT2D eigenvalue weighted by atomic mass is 9.86. The molecule has 0 aromatic heterocycles. The number of allylic oxidation sites excluding steroid dienone is 1. The molecule has 0 atom stereocenters. The summed E-state index contributed by atoms with van der Waals surface area (Å²) < 4.78 is 0. The summed E-state index contributed by atoms with van der Waals surface area (Å²) in [5.74, 6) is 0.789. The fourth-order valence-electron chi connectivity index (χ4n) is 2.63. The third-order valence-corrected chi connectivity index (χ3v) is 3.47.